The van der Waals surface area contributed by atoms with Gasteiger partial charge in [-0.05, 0) is 50.3 Å². The normalized spacial score (nSPS) is 18.0. The van der Waals surface area contributed by atoms with Gasteiger partial charge in [0.2, 0.25) is 0 Å². The SMILES string of the molecule is CCN(CC(=O)O)C1CCN(C(C)c2ccc(SC)c(F)c2)CC1. The molecular formula is C18H27FN2O2S. The minimum Gasteiger partial charge on any atom is -0.480 e. The third kappa shape index (κ3) is 4.71. The van der Waals surface area contributed by atoms with Crippen molar-refractivity contribution in [3.8, 4) is 0 Å². The molecule has 0 bridgehead atoms. The molecule has 1 N–H and O–H groups in total. The lowest BCUT2D eigenvalue weighted by atomic mass is 9.99. The molecule has 0 aliphatic carbocycles. The molecule has 0 saturated carbocycles. The van der Waals surface area contributed by atoms with Crippen molar-refractivity contribution in [3.63, 3.8) is 0 Å². The lowest BCUT2D eigenvalue weighted by Gasteiger charge is -2.40. The van der Waals surface area contributed by atoms with Crippen LogP contribution in [0.4, 0.5) is 4.39 Å². The zero-order valence-electron chi connectivity index (χ0n) is 14.7. The van der Waals surface area contributed by atoms with Crippen molar-refractivity contribution in [1.29, 1.82) is 0 Å². The van der Waals surface area contributed by atoms with E-state index in [0.717, 1.165) is 38.0 Å². The van der Waals surface area contributed by atoms with E-state index in [9.17, 15) is 9.18 Å². The summed E-state index contributed by atoms with van der Waals surface area (Å²) in [4.78, 5) is 16.0. The van der Waals surface area contributed by atoms with Crippen molar-refractivity contribution in [2.45, 2.75) is 43.7 Å². The fourth-order valence-corrected chi connectivity index (χ4v) is 3.92. The van der Waals surface area contributed by atoms with Crippen molar-refractivity contribution < 1.29 is 14.3 Å². The smallest absolute Gasteiger partial charge is 0.317 e. The fourth-order valence-electron chi connectivity index (χ4n) is 3.46. The Balaban J connectivity index is 1.96. The van der Waals surface area contributed by atoms with Gasteiger partial charge in [0.15, 0.2) is 0 Å². The fraction of sp³-hybridized carbons (Fsp3) is 0.611. The summed E-state index contributed by atoms with van der Waals surface area (Å²) in [6.45, 7) is 6.81. The third-order valence-electron chi connectivity index (χ3n) is 4.97. The zero-order valence-corrected chi connectivity index (χ0v) is 15.5. The summed E-state index contributed by atoms with van der Waals surface area (Å²) in [6.07, 6.45) is 3.79. The summed E-state index contributed by atoms with van der Waals surface area (Å²) in [5, 5.41) is 9.01. The van der Waals surface area contributed by atoms with Crippen LogP contribution < -0.4 is 0 Å². The average Bonchev–Trinajstić information content (AvgIpc) is 2.59. The molecule has 0 amide bonds. The molecule has 24 heavy (non-hydrogen) atoms. The molecule has 6 heteroatoms. The topological polar surface area (TPSA) is 43.8 Å². The molecule has 4 nitrogen and oxygen atoms in total. The molecule has 1 aromatic carbocycles. The predicted octanol–water partition coefficient (Wildman–Crippen LogP) is 3.48. The Morgan fingerprint density at radius 1 is 1.46 bits per heavy atom. The Hall–Kier alpha value is -1.11. The van der Waals surface area contributed by atoms with E-state index >= 15 is 0 Å². The van der Waals surface area contributed by atoms with Gasteiger partial charge in [-0.3, -0.25) is 14.6 Å². The molecule has 134 valence electrons. The van der Waals surface area contributed by atoms with E-state index in [1.807, 2.05) is 30.2 Å². The van der Waals surface area contributed by atoms with Crippen molar-refractivity contribution in [2.75, 3.05) is 32.4 Å². The summed E-state index contributed by atoms with van der Waals surface area (Å²) < 4.78 is 14.0. The lowest BCUT2D eigenvalue weighted by molar-refractivity contribution is -0.139. The zero-order chi connectivity index (χ0) is 17.7. The summed E-state index contributed by atoms with van der Waals surface area (Å²) in [7, 11) is 0. The van der Waals surface area contributed by atoms with Crippen LogP contribution in [0.1, 0.15) is 38.3 Å². The molecule has 0 spiro atoms. The van der Waals surface area contributed by atoms with Crippen LogP contribution >= 0.6 is 11.8 Å². The van der Waals surface area contributed by atoms with E-state index in [-0.39, 0.29) is 18.4 Å². The maximum atomic E-state index is 14.0. The number of carbonyl (C=O) groups is 1. The first-order valence-corrected chi connectivity index (χ1v) is 9.72. The van der Waals surface area contributed by atoms with Crippen LogP contribution in [0, 0.1) is 5.82 Å². The van der Waals surface area contributed by atoms with Gasteiger partial charge in [-0.15, -0.1) is 11.8 Å². The first-order chi connectivity index (χ1) is 11.5. The van der Waals surface area contributed by atoms with Gasteiger partial charge >= 0.3 is 5.97 Å². The highest BCUT2D eigenvalue weighted by molar-refractivity contribution is 7.98. The highest BCUT2D eigenvalue weighted by Crippen LogP contribution is 2.28. The number of piperidine rings is 1. The van der Waals surface area contributed by atoms with Gasteiger partial charge in [-0.25, -0.2) is 4.39 Å². The van der Waals surface area contributed by atoms with Gasteiger partial charge in [0.1, 0.15) is 5.82 Å². The molecule has 1 saturated heterocycles. The van der Waals surface area contributed by atoms with Crippen molar-refractivity contribution in [3.05, 3.63) is 29.6 Å². The molecule has 1 aromatic rings. The second kappa shape index (κ2) is 8.83. The number of halogens is 1. The third-order valence-corrected chi connectivity index (χ3v) is 5.74. The second-order valence-corrected chi connectivity index (χ2v) is 7.14. The van der Waals surface area contributed by atoms with E-state index in [0.29, 0.717) is 10.9 Å². The number of hydrogen-bond donors (Lipinski definition) is 1. The van der Waals surface area contributed by atoms with Crippen LogP contribution in [0.2, 0.25) is 0 Å². The summed E-state index contributed by atoms with van der Waals surface area (Å²) in [5.41, 5.74) is 1.00. The van der Waals surface area contributed by atoms with Crippen LogP contribution in [0.25, 0.3) is 0 Å². The Morgan fingerprint density at radius 3 is 2.62 bits per heavy atom. The van der Waals surface area contributed by atoms with E-state index in [4.69, 9.17) is 5.11 Å². The van der Waals surface area contributed by atoms with Crippen molar-refractivity contribution in [1.82, 2.24) is 9.80 Å². The van der Waals surface area contributed by atoms with Crippen molar-refractivity contribution >= 4 is 17.7 Å². The number of aliphatic carboxylic acids is 1. The molecule has 0 radical (unpaired) electrons. The first kappa shape index (κ1) is 19.2. The molecule has 1 fully saturated rings. The maximum Gasteiger partial charge on any atom is 0.317 e. The van der Waals surface area contributed by atoms with Gasteiger partial charge in [0.25, 0.3) is 0 Å². The van der Waals surface area contributed by atoms with Crippen molar-refractivity contribution in [2.24, 2.45) is 0 Å². The number of likely N-dealkylation sites (N-methyl/N-ethyl adjacent to an activating group) is 1. The quantitative estimate of drug-likeness (QED) is 0.760. The van der Waals surface area contributed by atoms with E-state index in [1.54, 1.807) is 6.07 Å². The molecule has 1 aliphatic heterocycles. The standard InChI is InChI=1S/C18H27FN2O2S/c1-4-20(12-18(22)23)15-7-9-21(10-8-15)13(2)14-5-6-17(24-3)16(19)11-14/h5-6,11,13,15H,4,7-10,12H2,1-3H3,(H,22,23). The number of carboxylic acid groups (broad SMARTS) is 1. The van der Waals surface area contributed by atoms with E-state index < -0.39 is 5.97 Å². The minimum atomic E-state index is -0.767. The molecular weight excluding hydrogens is 327 g/mol. The molecule has 1 aliphatic rings. The molecule has 1 unspecified atom stereocenters. The molecule has 0 aromatic heterocycles. The second-order valence-electron chi connectivity index (χ2n) is 6.29. The number of rotatable bonds is 7. The van der Waals surface area contributed by atoms with Gasteiger partial charge < -0.3 is 5.11 Å². The minimum absolute atomic E-state index is 0.109. The Morgan fingerprint density at radius 2 is 2.12 bits per heavy atom. The number of thioether (sulfide) groups is 1. The summed E-state index contributed by atoms with van der Waals surface area (Å²) in [6, 6.07) is 6.00. The predicted molar refractivity (Wildman–Crippen MR) is 96.1 cm³/mol. The highest BCUT2D eigenvalue weighted by atomic mass is 32.2. The first-order valence-electron chi connectivity index (χ1n) is 8.49. The van der Waals surface area contributed by atoms with Gasteiger partial charge in [-0.2, -0.15) is 0 Å². The maximum absolute atomic E-state index is 14.0. The van der Waals surface area contributed by atoms with Gasteiger partial charge in [-0.1, -0.05) is 13.0 Å². The van der Waals surface area contributed by atoms with Crippen LogP contribution in [-0.2, 0) is 4.79 Å². The van der Waals surface area contributed by atoms with Crippen LogP contribution in [0.5, 0.6) is 0 Å². The lowest BCUT2D eigenvalue weighted by Crippen LogP contribution is -2.47. The number of hydrogen-bond acceptors (Lipinski definition) is 4. The molecule has 1 atom stereocenters. The van der Waals surface area contributed by atoms with E-state index in [2.05, 4.69) is 11.8 Å². The Labute approximate surface area is 148 Å². The number of carboxylic acids is 1. The average molecular weight is 354 g/mol. The summed E-state index contributed by atoms with van der Waals surface area (Å²) >= 11 is 1.42. The Bertz CT molecular complexity index is 562. The van der Waals surface area contributed by atoms with E-state index in [1.165, 1.54) is 11.8 Å². The highest BCUT2D eigenvalue weighted by Gasteiger charge is 2.27. The number of nitrogens with zero attached hydrogens (tertiary/aromatic N) is 2. The number of likely N-dealkylation sites (tertiary alicyclic amines) is 1. The largest absolute Gasteiger partial charge is 0.480 e. The monoisotopic (exact) mass is 354 g/mol. The van der Waals surface area contributed by atoms with Crippen LogP contribution in [0.15, 0.2) is 23.1 Å². The summed E-state index contributed by atoms with van der Waals surface area (Å²) in [5.74, 6) is -0.919. The Kier molecular flexibility index (Phi) is 7.07. The van der Waals surface area contributed by atoms with Crippen LogP contribution in [0.3, 0.4) is 0 Å². The van der Waals surface area contributed by atoms with Crippen LogP contribution in [-0.4, -0.2) is 59.4 Å². The molecule has 1 heterocycles. The molecule has 2 rings (SSSR count). The van der Waals surface area contributed by atoms with Gasteiger partial charge in [0, 0.05) is 30.1 Å². The number of benzene rings is 1. The van der Waals surface area contributed by atoms with Gasteiger partial charge in [0.05, 0.1) is 6.54 Å².